The molecule has 0 bridgehead atoms. The van der Waals surface area contributed by atoms with Gasteiger partial charge in [-0.05, 0) is 30.3 Å². The summed E-state index contributed by atoms with van der Waals surface area (Å²) in [6, 6.07) is 7.96. The first kappa shape index (κ1) is 12.7. The maximum absolute atomic E-state index is 11.0. The van der Waals surface area contributed by atoms with Gasteiger partial charge in [-0.2, -0.15) is 0 Å². The smallest absolute Gasteiger partial charge is 0.356 e. The van der Waals surface area contributed by atoms with Gasteiger partial charge in [-0.1, -0.05) is 23.2 Å². The number of nitrogens with zero attached hydrogens (tertiary/aromatic N) is 1. The summed E-state index contributed by atoms with van der Waals surface area (Å²) >= 11 is 11.9. The summed E-state index contributed by atoms with van der Waals surface area (Å²) in [7, 11) is 0. The first-order valence-corrected chi connectivity index (χ1v) is 5.70. The number of aromatic nitrogens is 1. The third kappa shape index (κ3) is 2.39. The molecule has 1 heterocycles. The van der Waals surface area contributed by atoms with Crippen LogP contribution < -0.4 is 5.73 Å². The summed E-state index contributed by atoms with van der Waals surface area (Å²) in [5.41, 5.74) is 6.40. The van der Waals surface area contributed by atoms with Crippen LogP contribution in [-0.4, -0.2) is 16.1 Å². The van der Waals surface area contributed by atoms with E-state index in [1.54, 1.807) is 24.3 Å². The van der Waals surface area contributed by atoms with E-state index in [0.29, 0.717) is 21.3 Å². The van der Waals surface area contributed by atoms with Crippen LogP contribution in [0.4, 0.5) is 5.69 Å². The number of carboxylic acid groups (broad SMARTS) is 1. The third-order valence-corrected chi connectivity index (χ3v) is 2.90. The van der Waals surface area contributed by atoms with Crippen molar-refractivity contribution in [3.8, 4) is 11.3 Å². The average molecular weight is 283 g/mol. The van der Waals surface area contributed by atoms with Crippen LogP contribution >= 0.6 is 23.2 Å². The molecular formula is C12H8Cl2N2O2. The Labute approximate surface area is 113 Å². The van der Waals surface area contributed by atoms with Crippen LogP contribution in [0.1, 0.15) is 10.5 Å². The standard InChI is InChI=1S/C12H8Cl2N2O2/c13-6-1-2-8(14)7(5-6)10-4-3-9(15)11(16-10)12(17)18/h1-5H,15H2,(H,17,18). The monoisotopic (exact) mass is 282 g/mol. The second-order valence-corrected chi connectivity index (χ2v) is 4.41. The van der Waals surface area contributed by atoms with Crippen LogP contribution in [0.15, 0.2) is 30.3 Å². The molecule has 0 aliphatic rings. The molecule has 0 fully saturated rings. The fraction of sp³-hybridized carbons (Fsp3) is 0. The lowest BCUT2D eigenvalue weighted by Crippen LogP contribution is -2.06. The predicted molar refractivity (Wildman–Crippen MR) is 71.1 cm³/mol. The summed E-state index contributed by atoms with van der Waals surface area (Å²) in [5.74, 6) is -1.19. The Bertz CT molecular complexity index is 629. The van der Waals surface area contributed by atoms with Crippen molar-refractivity contribution in [2.24, 2.45) is 0 Å². The molecule has 0 spiro atoms. The molecular weight excluding hydrogens is 275 g/mol. The van der Waals surface area contributed by atoms with Gasteiger partial charge in [-0.3, -0.25) is 0 Å². The highest BCUT2D eigenvalue weighted by Crippen LogP contribution is 2.30. The van der Waals surface area contributed by atoms with Crippen LogP contribution in [0, 0.1) is 0 Å². The fourth-order valence-electron chi connectivity index (χ4n) is 1.49. The highest BCUT2D eigenvalue weighted by atomic mass is 35.5. The van der Waals surface area contributed by atoms with E-state index in [1.165, 1.54) is 6.07 Å². The molecule has 0 saturated carbocycles. The van der Waals surface area contributed by atoms with Gasteiger partial charge in [0.1, 0.15) is 0 Å². The molecule has 0 aliphatic carbocycles. The van der Waals surface area contributed by atoms with Crippen LogP contribution in [0.2, 0.25) is 10.0 Å². The van der Waals surface area contributed by atoms with E-state index >= 15 is 0 Å². The van der Waals surface area contributed by atoms with E-state index in [9.17, 15) is 4.79 Å². The average Bonchev–Trinajstić information content (AvgIpc) is 2.33. The Balaban J connectivity index is 2.61. The normalized spacial score (nSPS) is 10.3. The first-order valence-electron chi connectivity index (χ1n) is 4.94. The summed E-state index contributed by atoms with van der Waals surface area (Å²) < 4.78 is 0. The van der Waals surface area contributed by atoms with Crippen LogP contribution in [0.5, 0.6) is 0 Å². The number of carboxylic acids is 1. The molecule has 3 N–H and O–H groups in total. The largest absolute Gasteiger partial charge is 0.476 e. The molecule has 4 nitrogen and oxygen atoms in total. The number of hydrogen-bond acceptors (Lipinski definition) is 3. The Morgan fingerprint density at radius 1 is 1.22 bits per heavy atom. The molecule has 0 aliphatic heterocycles. The lowest BCUT2D eigenvalue weighted by molar-refractivity contribution is 0.0692. The fourth-order valence-corrected chi connectivity index (χ4v) is 1.87. The van der Waals surface area contributed by atoms with Gasteiger partial charge in [0, 0.05) is 10.6 Å². The van der Waals surface area contributed by atoms with Crippen LogP contribution in [0.3, 0.4) is 0 Å². The Morgan fingerprint density at radius 2 is 1.94 bits per heavy atom. The SMILES string of the molecule is Nc1ccc(-c2cc(Cl)ccc2Cl)nc1C(=O)O. The van der Waals surface area contributed by atoms with Crippen molar-refractivity contribution >= 4 is 34.9 Å². The van der Waals surface area contributed by atoms with Gasteiger partial charge in [0.05, 0.1) is 16.4 Å². The Kier molecular flexibility index (Phi) is 3.41. The highest BCUT2D eigenvalue weighted by Gasteiger charge is 2.13. The second kappa shape index (κ2) is 4.84. The third-order valence-electron chi connectivity index (χ3n) is 2.33. The minimum Gasteiger partial charge on any atom is -0.476 e. The quantitative estimate of drug-likeness (QED) is 0.886. The summed E-state index contributed by atoms with van der Waals surface area (Å²) in [6.07, 6.45) is 0. The van der Waals surface area contributed by atoms with Crippen LogP contribution in [-0.2, 0) is 0 Å². The van der Waals surface area contributed by atoms with Crippen molar-refractivity contribution in [3.63, 3.8) is 0 Å². The topological polar surface area (TPSA) is 76.2 Å². The van der Waals surface area contributed by atoms with Gasteiger partial charge in [0.2, 0.25) is 0 Å². The number of halogens is 2. The molecule has 6 heteroatoms. The van der Waals surface area contributed by atoms with Gasteiger partial charge in [0.25, 0.3) is 0 Å². The molecule has 0 amide bonds. The van der Waals surface area contributed by atoms with Crippen molar-refractivity contribution in [1.82, 2.24) is 4.98 Å². The number of benzene rings is 1. The maximum atomic E-state index is 11.0. The van der Waals surface area contributed by atoms with Gasteiger partial charge in [-0.15, -0.1) is 0 Å². The first-order chi connectivity index (χ1) is 8.49. The number of aromatic carboxylic acids is 1. The van der Waals surface area contributed by atoms with Crippen molar-refractivity contribution in [2.75, 3.05) is 5.73 Å². The molecule has 92 valence electrons. The van der Waals surface area contributed by atoms with Crippen LogP contribution in [0.25, 0.3) is 11.3 Å². The van der Waals surface area contributed by atoms with E-state index in [2.05, 4.69) is 4.98 Å². The summed E-state index contributed by atoms with van der Waals surface area (Å²) in [4.78, 5) is 14.9. The number of nitrogen functional groups attached to an aromatic ring is 1. The molecule has 0 atom stereocenters. The lowest BCUT2D eigenvalue weighted by atomic mass is 10.1. The molecule has 0 unspecified atom stereocenters. The molecule has 18 heavy (non-hydrogen) atoms. The maximum Gasteiger partial charge on any atom is 0.356 e. The summed E-state index contributed by atoms with van der Waals surface area (Å²) in [5, 5.41) is 9.89. The van der Waals surface area contributed by atoms with Gasteiger partial charge in [0.15, 0.2) is 5.69 Å². The molecule has 0 radical (unpaired) electrons. The molecule has 1 aromatic carbocycles. The van der Waals surface area contributed by atoms with Crippen molar-refractivity contribution in [1.29, 1.82) is 0 Å². The van der Waals surface area contributed by atoms with E-state index in [4.69, 9.17) is 34.0 Å². The minimum absolute atomic E-state index is 0.101. The number of hydrogen-bond donors (Lipinski definition) is 2. The van der Waals surface area contributed by atoms with Gasteiger partial charge >= 0.3 is 5.97 Å². The van der Waals surface area contributed by atoms with Gasteiger partial charge in [-0.25, -0.2) is 9.78 Å². The minimum atomic E-state index is -1.19. The number of nitrogens with two attached hydrogens (primary N) is 1. The van der Waals surface area contributed by atoms with Crippen molar-refractivity contribution < 1.29 is 9.90 Å². The highest BCUT2D eigenvalue weighted by molar-refractivity contribution is 6.35. The number of carbonyl (C=O) groups is 1. The Morgan fingerprint density at radius 3 is 2.61 bits per heavy atom. The summed E-state index contributed by atoms with van der Waals surface area (Å²) in [6.45, 7) is 0. The zero-order valence-electron chi connectivity index (χ0n) is 9.02. The zero-order chi connectivity index (χ0) is 13.3. The van der Waals surface area contributed by atoms with E-state index in [1.807, 2.05) is 0 Å². The second-order valence-electron chi connectivity index (χ2n) is 3.56. The molecule has 1 aromatic heterocycles. The molecule has 2 aromatic rings. The number of anilines is 1. The number of rotatable bonds is 2. The van der Waals surface area contributed by atoms with Gasteiger partial charge < -0.3 is 10.8 Å². The number of pyridine rings is 1. The van der Waals surface area contributed by atoms with Crippen molar-refractivity contribution in [3.05, 3.63) is 46.1 Å². The zero-order valence-corrected chi connectivity index (χ0v) is 10.5. The Hall–Kier alpha value is -1.78. The lowest BCUT2D eigenvalue weighted by Gasteiger charge is -2.07. The predicted octanol–water partition coefficient (Wildman–Crippen LogP) is 3.34. The molecule has 0 saturated heterocycles. The van der Waals surface area contributed by atoms with Crippen molar-refractivity contribution in [2.45, 2.75) is 0 Å². The van der Waals surface area contributed by atoms with E-state index in [0.717, 1.165) is 0 Å². The van der Waals surface area contributed by atoms with E-state index in [-0.39, 0.29) is 11.4 Å². The molecule has 2 rings (SSSR count). The van der Waals surface area contributed by atoms with E-state index < -0.39 is 5.97 Å².